The lowest BCUT2D eigenvalue weighted by molar-refractivity contribution is 0.108. The molecule has 0 saturated heterocycles. The van der Waals surface area contributed by atoms with E-state index in [-0.39, 0.29) is 5.75 Å². The van der Waals surface area contributed by atoms with Gasteiger partial charge in [-0.25, -0.2) is 0 Å². The van der Waals surface area contributed by atoms with Crippen molar-refractivity contribution in [2.75, 3.05) is 0 Å². The van der Waals surface area contributed by atoms with Gasteiger partial charge in [-0.2, -0.15) is 0 Å². The summed E-state index contributed by atoms with van der Waals surface area (Å²) in [5.74, 6) is 0.0488. The van der Waals surface area contributed by atoms with Gasteiger partial charge in [0.25, 0.3) is 5.24 Å². The Morgan fingerprint density at radius 1 is 1.21 bits per heavy atom. The first-order valence-electron chi connectivity index (χ1n) is 4.10. The lowest BCUT2D eigenvalue weighted by atomic mass is 10.1. The molecule has 0 fully saturated rings. The topological polar surface area (TPSA) is 37.3 Å². The molecule has 1 N–H and O–H groups in total. The van der Waals surface area contributed by atoms with Crippen LogP contribution in [0.2, 0.25) is 0 Å². The Morgan fingerprint density at radius 2 is 1.93 bits per heavy atom. The van der Waals surface area contributed by atoms with Crippen molar-refractivity contribution in [1.29, 1.82) is 0 Å². The lowest BCUT2D eigenvalue weighted by Crippen LogP contribution is -1.90. The molecule has 0 heterocycles. The third-order valence-electron chi connectivity index (χ3n) is 2.06. The number of rotatable bonds is 1. The minimum Gasteiger partial charge on any atom is -0.508 e. The van der Waals surface area contributed by atoms with Crippen LogP contribution in [0.1, 0.15) is 10.4 Å². The second-order valence-corrected chi connectivity index (χ2v) is 3.33. The normalized spacial score (nSPS) is 10.4. The van der Waals surface area contributed by atoms with Gasteiger partial charge in [-0.3, -0.25) is 4.79 Å². The van der Waals surface area contributed by atoms with Crippen molar-refractivity contribution in [3.05, 3.63) is 42.0 Å². The fraction of sp³-hybridized carbons (Fsp3) is 0. The minimum atomic E-state index is -0.558. The van der Waals surface area contributed by atoms with Crippen LogP contribution in [0, 0.1) is 0 Å². The number of halogens is 1. The van der Waals surface area contributed by atoms with E-state index in [0.717, 1.165) is 10.8 Å². The number of carbonyl (C=O) groups excluding carboxylic acids is 1. The molecule has 0 atom stereocenters. The molecule has 0 unspecified atom stereocenters. The number of benzene rings is 2. The van der Waals surface area contributed by atoms with Crippen LogP contribution in [0.15, 0.2) is 36.4 Å². The summed E-state index contributed by atoms with van der Waals surface area (Å²) < 4.78 is 0. The first-order chi connectivity index (χ1) is 6.68. The fourth-order valence-electron chi connectivity index (χ4n) is 1.46. The summed E-state index contributed by atoms with van der Waals surface area (Å²) in [4.78, 5) is 11.1. The molecule has 0 bridgehead atoms. The monoisotopic (exact) mass is 206 g/mol. The van der Waals surface area contributed by atoms with Gasteiger partial charge in [-0.15, -0.1) is 0 Å². The van der Waals surface area contributed by atoms with Crippen LogP contribution in [-0.2, 0) is 0 Å². The molecule has 3 heteroatoms. The Labute approximate surface area is 85.7 Å². The van der Waals surface area contributed by atoms with Crippen molar-refractivity contribution in [3.8, 4) is 5.75 Å². The molecule has 0 saturated carbocycles. The van der Waals surface area contributed by atoms with Crippen LogP contribution in [0.3, 0.4) is 0 Å². The van der Waals surface area contributed by atoms with Gasteiger partial charge in [0, 0.05) is 5.56 Å². The minimum absolute atomic E-state index is 0.0488. The number of carbonyl (C=O) groups is 1. The van der Waals surface area contributed by atoms with Crippen LogP contribution in [-0.4, -0.2) is 10.3 Å². The van der Waals surface area contributed by atoms with Crippen molar-refractivity contribution >= 4 is 27.6 Å². The number of aromatic hydroxyl groups is 1. The van der Waals surface area contributed by atoms with Gasteiger partial charge in [0.15, 0.2) is 0 Å². The van der Waals surface area contributed by atoms with E-state index in [9.17, 15) is 9.90 Å². The molecule has 0 amide bonds. The summed E-state index contributed by atoms with van der Waals surface area (Å²) in [5, 5.41) is 10.3. The number of phenolic OH excluding ortho intramolecular Hbond substituents is 1. The summed E-state index contributed by atoms with van der Waals surface area (Å²) >= 11 is 5.40. The fourth-order valence-corrected chi connectivity index (χ4v) is 1.61. The zero-order valence-corrected chi connectivity index (χ0v) is 7.95. The van der Waals surface area contributed by atoms with Crippen LogP contribution < -0.4 is 0 Å². The zero-order chi connectivity index (χ0) is 10.1. The Balaban J connectivity index is 2.87. The maximum absolute atomic E-state index is 11.1. The molecule has 0 aliphatic rings. The van der Waals surface area contributed by atoms with Crippen molar-refractivity contribution in [1.82, 2.24) is 0 Å². The molecule has 0 aliphatic carbocycles. The SMILES string of the molecule is O=C(Cl)c1cc(O)cc2ccccc12. The summed E-state index contributed by atoms with van der Waals surface area (Å²) in [6, 6.07) is 10.2. The quantitative estimate of drug-likeness (QED) is 0.729. The molecular weight excluding hydrogens is 200 g/mol. The van der Waals surface area contributed by atoms with Crippen LogP contribution in [0.4, 0.5) is 0 Å². The number of fused-ring (bicyclic) bond motifs is 1. The predicted octanol–water partition coefficient (Wildman–Crippen LogP) is 2.92. The summed E-state index contributed by atoms with van der Waals surface area (Å²) in [6.45, 7) is 0. The lowest BCUT2D eigenvalue weighted by Gasteiger charge is -2.02. The van der Waals surface area contributed by atoms with Gasteiger partial charge in [-0.05, 0) is 34.5 Å². The Hall–Kier alpha value is -1.54. The molecule has 0 aliphatic heterocycles. The van der Waals surface area contributed by atoms with Crippen molar-refractivity contribution < 1.29 is 9.90 Å². The standard InChI is InChI=1S/C11H7ClO2/c12-11(14)10-6-8(13)5-7-3-1-2-4-9(7)10/h1-6,13H. The maximum Gasteiger partial charge on any atom is 0.253 e. The zero-order valence-electron chi connectivity index (χ0n) is 7.20. The molecule has 2 aromatic carbocycles. The number of hydrogen-bond acceptors (Lipinski definition) is 2. The average molecular weight is 207 g/mol. The predicted molar refractivity (Wildman–Crippen MR) is 55.8 cm³/mol. The van der Waals surface area contributed by atoms with Crippen molar-refractivity contribution in [2.24, 2.45) is 0 Å². The summed E-state index contributed by atoms with van der Waals surface area (Å²) in [7, 11) is 0. The highest BCUT2D eigenvalue weighted by atomic mass is 35.5. The molecule has 70 valence electrons. The van der Waals surface area contributed by atoms with Gasteiger partial charge in [0.2, 0.25) is 0 Å². The van der Waals surface area contributed by atoms with E-state index in [1.165, 1.54) is 6.07 Å². The molecule has 2 nitrogen and oxygen atoms in total. The molecule has 14 heavy (non-hydrogen) atoms. The van der Waals surface area contributed by atoms with E-state index in [1.807, 2.05) is 18.2 Å². The van der Waals surface area contributed by atoms with Crippen LogP contribution in [0.5, 0.6) is 5.75 Å². The third-order valence-corrected chi connectivity index (χ3v) is 2.26. The van der Waals surface area contributed by atoms with E-state index < -0.39 is 5.24 Å². The first kappa shape index (κ1) is 9.03. The van der Waals surface area contributed by atoms with E-state index in [1.54, 1.807) is 12.1 Å². The molecule has 0 aromatic heterocycles. The largest absolute Gasteiger partial charge is 0.508 e. The molecule has 0 radical (unpaired) electrons. The third kappa shape index (κ3) is 1.44. The maximum atomic E-state index is 11.1. The van der Waals surface area contributed by atoms with Gasteiger partial charge < -0.3 is 5.11 Å². The van der Waals surface area contributed by atoms with E-state index in [0.29, 0.717) is 5.56 Å². The van der Waals surface area contributed by atoms with Gasteiger partial charge in [-0.1, -0.05) is 24.3 Å². The Kier molecular flexibility index (Phi) is 2.14. The van der Waals surface area contributed by atoms with E-state index in [4.69, 9.17) is 11.6 Å². The van der Waals surface area contributed by atoms with Crippen LogP contribution >= 0.6 is 11.6 Å². The molecular formula is C11H7ClO2. The van der Waals surface area contributed by atoms with E-state index in [2.05, 4.69) is 0 Å². The highest BCUT2D eigenvalue weighted by Gasteiger charge is 2.08. The smallest absolute Gasteiger partial charge is 0.253 e. The Bertz CT molecular complexity index is 506. The second kappa shape index (κ2) is 3.31. The van der Waals surface area contributed by atoms with Crippen LogP contribution in [0.25, 0.3) is 10.8 Å². The highest BCUT2D eigenvalue weighted by Crippen LogP contribution is 2.25. The van der Waals surface area contributed by atoms with Gasteiger partial charge in [0.1, 0.15) is 5.75 Å². The summed E-state index contributed by atoms with van der Waals surface area (Å²) in [5.41, 5.74) is 0.335. The first-order valence-corrected chi connectivity index (χ1v) is 4.48. The number of phenols is 1. The van der Waals surface area contributed by atoms with Crippen molar-refractivity contribution in [3.63, 3.8) is 0 Å². The van der Waals surface area contributed by atoms with Gasteiger partial charge >= 0.3 is 0 Å². The van der Waals surface area contributed by atoms with E-state index >= 15 is 0 Å². The second-order valence-electron chi connectivity index (χ2n) is 2.99. The average Bonchev–Trinajstić information content (AvgIpc) is 2.16. The van der Waals surface area contributed by atoms with Gasteiger partial charge in [0.05, 0.1) is 0 Å². The molecule has 2 rings (SSSR count). The molecule has 0 spiro atoms. The Morgan fingerprint density at radius 3 is 2.64 bits per heavy atom. The number of hydrogen-bond donors (Lipinski definition) is 1. The van der Waals surface area contributed by atoms with Crippen molar-refractivity contribution in [2.45, 2.75) is 0 Å². The summed E-state index contributed by atoms with van der Waals surface area (Å²) in [6.07, 6.45) is 0. The highest BCUT2D eigenvalue weighted by molar-refractivity contribution is 6.68. The molecule has 2 aromatic rings.